The van der Waals surface area contributed by atoms with E-state index in [1.54, 1.807) is 29.0 Å². The van der Waals surface area contributed by atoms with Crippen LogP contribution < -0.4 is 0 Å². The van der Waals surface area contributed by atoms with E-state index in [2.05, 4.69) is 20.2 Å². The Morgan fingerprint density at radius 1 is 1.05 bits per heavy atom. The standard InChI is InChI=1S/C12H6N4OS3/c1-2-8(18-4-1)9-15-16-12(17-9)20-11-7-3-5-19-10(7)13-6-14-11/h1-6H. The first-order chi connectivity index (χ1) is 9.90. The van der Waals surface area contributed by atoms with Crippen LogP contribution >= 0.6 is 34.4 Å². The Hall–Kier alpha value is -1.77. The molecule has 0 bridgehead atoms. The van der Waals surface area contributed by atoms with Gasteiger partial charge in [-0.25, -0.2) is 9.97 Å². The van der Waals surface area contributed by atoms with Crippen molar-refractivity contribution in [3.05, 3.63) is 35.3 Å². The van der Waals surface area contributed by atoms with Crippen molar-refractivity contribution in [1.82, 2.24) is 20.2 Å². The smallest absolute Gasteiger partial charge is 0.283 e. The van der Waals surface area contributed by atoms with Crippen molar-refractivity contribution in [1.29, 1.82) is 0 Å². The average Bonchev–Trinajstić information content (AvgIpc) is 3.20. The molecule has 0 radical (unpaired) electrons. The number of aromatic nitrogens is 4. The maximum atomic E-state index is 5.65. The molecule has 0 N–H and O–H groups in total. The van der Waals surface area contributed by atoms with Crippen molar-refractivity contribution < 1.29 is 4.42 Å². The summed E-state index contributed by atoms with van der Waals surface area (Å²) in [6.45, 7) is 0. The Kier molecular flexibility index (Phi) is 2.98. The van der Waals surface area contributed by atoms with Crippen LogP contribution in [0, 0.1) is 0 Å². The molecule has 5 nitrogen and oxygen atoms in total. The first-order valence-electron chi connectivity index (χ1n) is 5.63. The molecule has 0 unspecified atom stereocenters. The fourth-order valence-electron chi connectivity index (χ4n) is 1.68. The summed E-state index contributed by atoms with van der Waals surface area (Å²) >= 11 is 4.52. The van der Waals surface area contributed by atoms with E-state index in [1.807, 2.05) is 29.0 Å². The molecule has 0 atom stereocenters. The van der Waals surface area contributed by atoms with Crippen molar-refractivity contribution in [2.45, 2.75) is 10.2 Å². The third-order valence-corrected chi connectivity index (χ3v) is 5.08. The van der Waals surface area contributed by atoms with Gasteiger partial charge in [-0.1, -0.05) is 6.07 Å². The van der Waals surface area contributed by atoms with Crippen LogP contribution in [0.4, 0.5) is 0 Å². The molecule has 0 fully saturated rings. The maximum Gasteiger partial charge on any atom is 0.283 e. The third-order valence-electron chi connectivity index (χ3n) is 2.55. The number of nitrogens with zero attached hydrogens (tertiary/aromatic N) is 4. The van der Waals surface area contributed by atoms with E-state index in [0.29, 0.717) is 11.1 Å². The van der Waals surface area contributed by atoms with Crippen LogP contribution in [0.1, 0.15) is 0 Å². The molecule has 0 saturated heterocycles. The predicted molar refractivity (Wildman–Crippen MR) is 79.1 cm³/mol. The summed E-state index contributed by atoms with van der Waals surface area (Å²) in [4.78, 5) is 10.4. The lowest BCUT2D eigenvalue weighted by molar-refractivity contribution is 0.466. The summed E-state index contributed by atoms with van der Waals surface area (Å²) in [5.74, 6) is 0.540. The molecule has 0 saturated carbocycles. The minimum atomic E-state index is 0.486. The highest BCUT2D eigenvalue weighted by Gasteiger charge is 2.13. The van der Waals surface area contributed by atoms with Gasteiger partial charge in [0.15, 0.2) is 0 Å². The Morgan fingerprint density at radius 2 is 2.05 bits per heavy atom. The van der Waals surface area contributed by atoms with Gasteiger partial charge in [-0.05, 0) is 34.7 Å². The van der Waals surface area contributed by atoms with Gasteiger partial charge in [-0.2, -0.15) is 0 Å². The fraction of sp³-hybridized carbons (Fsp3) is 0. The van der Waals surface area contributed by atoms with E-state index < -0.39 is 0 Å². The number of fused-ring (bicyclic) bond motifs is 1. The van der Waals surface area contributed by atoms with Crippen molar-refractivity contribution in [3.63, 3.8) is 0 Å². The summed E-state index contributed by atoms with van der Waals surface area (Å²) in [5, 5.41) is 14.4. The minimum absolute atomic E-state index is 0.486. The Morgan fingerprint density at radius 3 is 2.95 bits per heavy atom. The Balaban J connectivity index is 1.68. The van der Waals surface area contributed by atoms with Crippen LogP contribution in [0.25, 0.3) is 21.0 Å². The summed E-state index contributed by atoms with van der Waals surface area (Å²) in [6.07, 6.45) is 1.55. The summed E-state index contributed by atoms with van der Waals surface area (Å²) < 4.78 is 5.65. The second-order valence-corrected chi connectivity index (χ2v) is 6.55. The Bertz CT molecular complexity index is 852. The number of rotatable bonds is 3. The SMILES string of the molecule is c1csc(-c2nnc(Sc3ncnc4sccc34)o2)c1. The highest BCUT2D eigenvalue weighted by Crippen LogP contribution is 2.33. The normalized spacial score (nSPS) is 11.2. The highest BCUT2D eigenvalue weighted by atomic mass is 32.2. The number of hydrogen-bond acceptors (Lipinski definition) is 8. The molecular formula is C12H6N4OS3. The largest absolute Gasteiger partial charge is 0.410 e. The van der Waals surface area contributed by atoms with E-state index in [-0.39, 0.29) is 0 Å². The van der Waals surface area contributed by atoms with Gasteiger partial charge >= 0.3 is 0 Å². The van der Waals surface area contributed by atoms with Crippen LogP contribution in [0.5, 0.6) is 0 Å². The van der Waals surface area contributed by atoms with E-state index >= 15 is 0 Å². The summed E-state index contributed by atoms with van der Waals surface area (Å²) in [6, 6.07) is 5.91. The van der Waals surface area contributed by atoms with Crippen LogP contribution in [0.3, 0.4) is 0 Å². The second-order valence-electron chi connectivity index (χ2n) is 3.77. The van der Waals surface area contributed by atoms with Crippen LogP contribution in [0.2, 0.25) is 0 Å². The molecule has 0 amide bonds. The van der Waals surface area contributed by atoms with Gasteiger partial charge in [0, 0.05) is 5.39 Å². The molecule has 0 aliphatic carbocycles. The van der Waals surface area contributed by atoms with E-state index in [0.717, 1.165) is 20.1 Å². The lowest BCUT2D eigenvalue weighted by Gasteiger charge is -1.96. The van der Waals surface area contributed by atoms with Gasteiger partial charge in [0.25, 0.3) is 11.1 Å². The molecule has 20 heavy (non-hydrogen) atoms. The molecule has 4 aromatic heterocycles. The van der Waals surface area contributed by atoms with Crippen molar-refractivity contribution in [3.8, 4) is 10.8 Å². The van der Waals surface area contributed by atoms with Crippen LogP contribution in [-0.2, 0) is 0 Å². The van der Waals surface area contributed by atoms with Crippen molar-refractivity contribution in [2.24, 2.45) is 0 Å². The molecule has 0 aromatic carbocycles. The highest BCUT2D eigenvalue weighted by molar-refractivity contribution is 7.99. The van der Waals surface area contributed by atoms with Crippen LogP contribution in [0.15, 0.2) is 50.0 Å². The predicted octanol–water partition coefficient (Wildman–Crippen LogP) is 3.95. The molecule has 0 spiro atoms. The zero-order valence-electron chi connectivity index (χ0n) is 9.89. The zero-order valence-corrected chi connectivity index (χ0v) is 12.3. The van der Waals surface area contributed by atoms with Crippen molar-refractivity contribution in [2.75, 3.05) is 0 Å². The van der Waals surface area contributed by atoms with Gasteiger partial charge < -0.3 is 4.42 Å². The van der Waals surface area contributed by atoms with E-state index in [4.69, 9.17) is 4.42 Å². The monoisotopic (exact) mass is 318 g/mol. The molecule has 4 heterocycles. The average molecular weight is 318 g/mol. The van der Waals surface area contributed by atoms with Gasteiger partial charge in [0.1, 0.15) is 16.2 Å². The molecule has 8 heteroatoms. The summed E-state index contributed by atoms with van der Waals surface area (Å²) in [5.41, 5.74) is 0. The quantitative estimate of drug-likeness (QED) is 0.533. The minimum Gasteiger partial charge on any atom is -0.410 e. The number of hydrogen-bond donors (Lipinski definition) is 0. The lowest BCUT2D eigenvalue weighted by Crippen LogP contribution is -1.83. The molecule has 0 aliphatic heterocycles. The second kappa shape index (κ2) is 4.97. The third kappa shape index (κ3) is 2.11. The first kappa shape index (κ1) is 12.0. The van der Waals surface area contributed by atoms with Gasteiger partial charge in [0.05, 0.1) is 4.88 Å². The molecule has 4 rings (SSSR count). The molecule has 4 aromatic rings. The summed E-state index contributed by atoms with van der Waals surface area (Å²) in [7, 11) is 0. The first-order valence-corrected chi connectivity index (χ1v) is 8.21. The molecule has 98 valence electrons. The molecular weight excluding hydrogens is 312 g/mol. The van der Waals surface area contributed by atoms with E-state index in [1.165, 1.54) is 11.8 Å². The Labute approximate surface area is 125 Å². The topological polar surface area (TPSA) is 64.7 Å². The lowest BCUT2D eigenvalue weighted by atomic mass is 10.4. The van der Waals surface area contributed by atoms with E-state index in [9.17, 15) is 0 Å². The number of thiophene rings is 2. The van der Waals surface area contributed by atoms with Gasteiger partial charge in [-0.15, -0.1) is 32.9 Å². The molecule has 0 aliphatic rings. The van der Waals surface area contributed by atoms with Gasteiger partial charge in [0.2, 0.25) is 0 Å². The van der Waals surface area contributed by atoms with Crippen molar-refractivity contribution >= 4 is 44.7 Å². The van der Waals surface area contributed by atoms with Gasteiger partial charge in [-0.3, -0.25) is 0 Å². The fourth-order valence-corrected chi connectivity index (χ4v) is 3.87. The maximum absolute atomic E-state index is 5.65. The zero-order chi connectivity index (χ0) is 13.4. The van der Waals surface area contributed by atoms with Crippen LogP contribution in [-0.4, -0.2) is 20.2 Å².